The van der Waals surface area contributed by atoms with Crippen molar-refractivity contribution in [3.05, 3.63) is 54.0 Å². The summed E-state index contributed by atoms with van der Waals surface area (Å²) in [7, 11) is 0. The SMILES string of the molecule is c1ccc([C@@H]2CN(c3cc(C4CC4)ncn3)CCN2)cc1. The van der Waals surface area contributed by atoms with Crippen molar-refractivity contribution >= 4 is 5.82 Å². The predicted molar refractivity (Wildman–Crippen MR) is 83.4 cm³/mol. The van der Waals surface area contributed by atoms with E-state index in [-0.39, 0.29) is 0 Å². The number of anilines is 1. The van der Waals surface area contributed by atoms with Crippen LogP contribution < -0.4 is 10.2 Å². The molecule has 1 aliphatic heterocycles. The normalized spacial score (nSPS) is 22.3. The summed E-state index contributed by atoms with van der Waals surface area (Å²) in [6.45, 7) is 2.96. The van der Waals surface area contributed by atoms with Gasteiger partial charge in [-0.15, -0.1) is 0 Å². The van der Waals surface area contributed by atoms with Gasteiger partial charge in [0.15, 0.2) is 0 Å². The Bertz CT molecular complexity index is 609. The molecular weight excluding hydrogens is 260 g/mol. The highest BCUT2D eigenvalue weighted by Gasteiger charge is 2.27. The van der Waals surface area contributed by atoms with Crippen LogP contribution >= 0.6 is 0 Å². The lowest BCUT2D eigenvalue weighted by Gasteiger charge is -2.34. The van der Waals surface area contributed by atoms with Crippen molar-refractivity contribution in [2.45, 2.75) is 24.8 Å². The molecule has 108 valence electrons. The summed E-state index contributed by atoms with van der Waals surface area (Å²) in [4.78, 5) is 11.3. The van der Waals surface area contributed by atoms with Crippen LogP contribution in [0, 0.1) is 0 Å². The van der Waals surface area contributed by atoms with Crippen LogP contribution in [0.25, 0.3) is 0 Å². The molecule has 1 aromatic carbocycles. The van der Waals surface area contributed by atoms with Gasteiger partial charge in [-0.05, 0) is 18.4 Å². The second-order valence-corrected chi connectivity index (χ2v) is 5.94. The van der Waals surface area contributed by atoms with E-state index >= 15 is 0 Å². The Hall–Kier alpha value is -1.94. The number of piperazine rings is 1. The number of hydrogen-bond donors (Lipinski definition) is 1. The van der Waals surface area contributed by atoms with Crippen molar-refractivity contribution < 1.29 is 0 Å². The molecule has 1 N–H and O–H groups in total. The monoisotopic (exact) mass is 280 g/mol. The molecule has 1 atom stereocenters. The van der Waals surface area contributed by atoms with Gasteiger partial charge in [-0.2, -0.15) is 0 Å². The molecule has 1 saturated carbocycles. The zero-order valence-electron chi connectivity index (χ0n) is 12.1. The highest BCUT2D eigenvalue weighted by Crippen LogP contribution is 2.39. The summed E-state index contributed by atoms with van der Waals surface area (Å²) in [5, 5.41) is 3.60. The van der Waals surface area contributed by atoms with E-state index in [9.17, 15) is 0 Å². The van der Waals surface area contributed by atoms with Crippen LogP contribution in [0.2, 0.25) is 0 Å². The molecule has 2 aromatic rings. The standard InChI is InChI=1S/C17H20N4/c1-2-4-13(5-3-1)16-11-21(9-8-18-16)17-10-15(14-6-7-14)19-12-20-17/h1-5,10,12,14,16,18H,6-9,11H2/t16-/m0/s1. The molecule has 0 spiro atoms. The van der Waals surface area contributed by atoms with Crippen molar-refractivity contribution in [3.63, 3.8) is 0 Å². The largest absolute Gasteiger partial charge is 0.353 e. The maximum Gasteiger partial charge on any atom is 0.132 e. The molecule has 1 aliphatic carbocycles. The zero-order valence-corrected chi connectivity index (χ0v) is 12.1. The first kappa shape index (κ1) is 12.8. The first-order valence-electron chi connectivity index (χ1n) is 7.75. The Morgan fingerprint density at radius 3 is 2.76 bits per heavy atom. The van der Waals surface area contributed by atoms with Gasteiger partial charge in [0.25, 0.3) is 0 Å². The molecule has 0 unspecified atom stereocenters. The van der Waals surface area contributed by atoms with Crippen LogP contribution in [-0.2, 0) is 0 Å². The van der Waals surface area contributed by atoms with E-state index in [2.05, 4.69) is 56.6 Å². The van der Waals surface area contributed by atoms with Crippen LogP contribution in [0.5, 0.6) is 0 Å². The number of nitrogens with zero attached hydrogens (tertiary/aromatic N) is 3. The number of hydrogen-bond acceptors (Lipinski definition) is 4. The Kier molecular flexibility index (Phi) is 3.31. The minimum Gasteiger partial charge on any atom is -0.353 e. The van der Waals surface area contributed by atoms with Gasteiger partial charge in [0.05, 0.1) is 0 Å². The molecular formula is C17H20N4. The first-order valence-corrected chi connectivity index (χ1v) is 7.75. The quantitative estimate of drug-likeness (QED) is 0.938. The first-order chi connectivity index (χ1) is 10.4. The van der Waals surface area contributed by atoms with Crippen LogP contribution in [0.3, 0.4) is 0 Å². The molecule has 4 nitrogen and oxygen atoms in total. The second kappa shape index (κ2) is 5.45. The third-order valence-corrected chi connectivity index (χ3v) is 4.37. The molecule has 4 heteroatoms. The molecule has 2 fully saturated rings. The number of benzene rings is 1. The smallest absolute Gasteiger partial charge is 0.132 e. The van der Waals surface area contributed by atoms with Crippen molar-refractivity contribution in [2.75, 3.05) is 24.5 Å². The lowest BCUT2D eigenvalue weighted by molar-refractivity contribution is 0.469. The van der Waals surface area contributed by atoms with E-state index in [4.69, 9.17) is 0 Å². The van der Waals surface area contributed by atoms with E-state index in [1.807, 2.05) is 0 Å². The highest BCUT2D eigenvalue weighted by atomic mass is 15.2. The zero-order chi connectivity index (χ0) is 14.1. The highest BCUT2D eigenvalue weighted by molar-refractivity contribution is 5.42. The minimum absolute atomic E-state index is 0.374. The van der Waals surface area contributed by atoms with Gasteiger partial charge < -0.3 is 10.2 Å². The molecule has 0 radical (unpaired) electrons. The minimum atomic E-state index is 0.374. The van der Waals surface area contributed by atoms with E-state index in [0.717, 1.165) is 25.5 Å². The van der Waals surface area contributed by atoms with Crippen LogP contribution in [0.4, 0.5) is 5.82 Å². The summed E-state index contributed by atoms with van der Waals surface area (Å²) >= 11 is 0. The van der Waals surface area contributed by atoms with E-state index in [1.54, 1.807) is 6.33 Å². The fraction of sp³-hybridized carbons (Fsp3) is 0.412. The van der Waals surface area contributed by atoms with Crippen molar-refractivity contribution in [1.82, 2.24) is 15.3 Å². The van der Waals surface area contributed by atoms with Gasteiger partial charge in [0, 0.05) is 43.4 Å². The average Bonchev–Trinajstić information content (AvgIpc) is 3.41. The van der Waals surface area contributed by atoms with Crippen molar-refractivity contribution in [1.29, 1.82) is 0 Å². The van der Waals surface area contributed by atoms with Gasteiger partial charge >= 0.3 is 0 Å². The van der Waals surface area contributed by atoms with Gasteiger partial charge in [-0.3, -0.25) is 0 Å². The number of nitrogens with one attached hydrogen (secondary N) is 1. The second-order valence-electron chi connectivity index (χ2n) is 5.94. The fourth-order valence-corrected chi connectivity index (χ4v) is 3.00. The Balaban J connectivity index is 1.54. The topological polar surface area (TPSA) is 41.1 Å². The summed E-state index contributed by atoms with van der Waals surface area (Å²) in [6, 6.07) is 13.2. The molecule has 0 amide bonds. The maximum atomic E-state index is 4.49. The third kappa shape index (κ3) is 2.76. The average molecular weight is 280 g/mol. The molecule has 21 heavy (non-hydrogen) atoms. The Labute approximate surface area is 125 Å². The van der Waals surface area contributed by atoms with Gasteiger partial charge in [0.2, 0.25) is 0 Å². The predicted octanol–water partition coefficient (Wildman–Crippen LogP) is 2.50. The summed E-state index contributed by atoms with van der Waals surface area (Å²) in [6.07, 6.45) is 4.29. The fourth-order valence-electron chi connectivity index (χ4n) is 3.00. The molecule has 2 heterocycles. The number of aromatic nitrogens is 2. The van der Waals surface area contributed by atoms with E-state index in [0.29, 0.717) is 12.0 Å². The molecule has 2 aliphatic rings. The van der Waals surface area contributed by atoms with Crippen molar-refractivity contribution in [3.8, 4) is 0 Å². The van der Waals surface area contributed by atoms with E-state index < -0.39 is 0 Å². The van der Waals surface area contributed by atoms with E-state index in [1.165, 1.54) is 24.1 Å². The maximum absolute atomic E-state index is 4.49. The van der Waals surface area contributed by atoms with Gasteiger partial charge in [0.1, 0.15) is 12.1 Å². The van der Waals surface area contributed by atoms with Crippen molar-refractivity contribution in [2.24, 2.45) is 0 Å². The summed E-state index contributed by atoms with van der Waals surface area (Å²) in [5.74, 6) is 1.76. The molecule has 4 rings (SSSR count). The Morgan fingerprint density at radius 1 is 1.10 bits per heavy atom. The van der Waals surface area contributed by atoms with Gasteiger partial charge in [-0.1, -0.05) is 30.3 Å². The van der Waals surface area contributed by atoms with Crippen LogP contribution in [0.1, 0.15) is 36.1 Å². The van der Waals surface area contributed by atoms with Crippen LogP contribution in [-0.4, -0.2) is 29.6 Å². The molecule has 1 aromatic heterocycles. The lowest BCUT2D eigenvalue weighted by Crippen LogP contribution is -2.46. The van der Waals surface area contributed by atoms with Crippen LogP contribution in [0.15, 0.2) is 42.7 Å². The van der Waals surface area contributed by atoms with Gasteiger partial charge in [-0.25, -0.2) is 9.97 Å². The Morgan fingerprint density at radius 2 is 1.95 bits per heavy atom. The molecule has 0 bridgehead atoms. The molecule has 1 saturated heterocycles. The number of rotatable bonds is 3. The summed E-state index contributed by atoms with van der Waals surface area (Å²) < 4.78 is 0. The summed E-state index contributed by atoms with van der Waals surface area (Å²) in [5.41, 5.74) is 2.56. The third-order valence-electron chi connectivity index (χ3n) is 4.37. The lowest BCUT2D eigenvalue weighted by atomic mass is 10.0.